The Balaban J connectivity index is 1.48. The summed E-state index contributed by atoms with van der Waals surface area (Å²) in [5, 5.41) is 4.83. The van der Waals surface area contributed by atoms with Crippen LogP contribution in [0, 0.1) is 11.3 Å². The van der Waals surface area contributed by atoms with E-state index in [9.17, 15) is 32.3 Å². The molecule has 65 heavy (non-hydrogen) atoms. The molecule has 3 amide bonds. The molecule has 0 radical (unpaired) electrons. The largest absolute Gasteiger partial charge is 0.467 e. The summed E-state index contributed by atoms with van der Waals surface area (Å²) in [5.74, 6) is -0.753. The smallest absolute Gasteiger partial charge is 0.406 e. The third kappa shape index (κ3) is 11.7. The second kappa shape index (κ2) is 20.8. The molecule has 2 fully saturated rings. The van der Waals surface area contributed by atoms with Crippen molar-refractivity contribution in [3.05, 3.63) is 53.8 Å². The van der Waals surface area contributed by atoms with Crippen molar-refractivity contribution in [1.82, 2.24) is 40.1 Å². The number of piperazine rings is 1. The second-order valence-electron chi connectivity index (χ2n) is 18.3. The topological polar surface area (TPSA) is 168 Å². The summed E-state index contributed by atoms with van der Waals surface area (Å²) < 4.78 is 63.1. The van der Waals surface area contributed by atoms with Crippen LogP contribution in [0.3, 0.4) is 0 Å². The van der Waals surface area contributed by atoms with E-state index in [-0.39, 0.29) is 37.0 Å². The van der Waals surface area contributed by atoms with E-state index >= 15 is 0 Å². The third-order valence-corrected chi connectivity index (χ3v) is 12.2. The first-order valence-electron chi connectivity index (χ1n) is 22.1. The average Bonchev–Trinajstić information content (AvgIpc) is 3.86. The number of aromatic nitrogens is 3. The van der Waals surface area contributed by atoms with E-state index in [1.807, 2.05) is 27.0 Å². The van der Waals surface area contributed by atoms with Gasteiger partial charge in [0.25, 0.3) is 12.4 Å². The number of likely N-dealkylation sites (N-methyl/N-ethyl adjacent to an activating group) is 2. The van der Waals surface area contributed by atoms with Crippen LogP contribution in [0.15, 0.2) is 41.1 Å². The van der Waals surface area contributed by atoms with Gasteiger partial charge in [-0.2, -0.15) is 13.2 Å². The number of halogens is 3. The molecular weight excluding hydrogens is 848 g/mol. The number of fused-ring (bicyclic) bond motifs is 1. The molecule has 5 heterocycles. The molecule has 0 spiro atoms. The molecule has 2 aliphatic heterocycles. The molecule has 354 valence electrons. The zero-order valence-electron chi connectivity index (χ0n) is 38.5. The van der Waals surface area contributed by atoms with E-state index in [4.69, 9.17) is 18.9 Å². The van der Waals surface area contributed by atoms with Gasteiger partial charge in [0.1, 0.15) is 18.6 Å². The SMILES string of the molecule is COC(C)c1ncc(N2CCN(C)CC2)cc1-c1c(CC(C)(C)COC=O)c2cc(-c3cnc(CC(NC(=O)C(C(C)C)N(C)C=O)C(=O)N4CCCCN4)o3)ccc2n1CC(F)(F)F. The van der Waals surface area contributed by atoms with Gasteiger partial charge in [-0.05, 0) is 69.0 Å². The zero-order valence-corrected chi connectivity index (χ0v) is 38.5. The number of nitrogens with one attached hydrogen (secondary N) is 2. The number of hydrazine groups is 1. The van der Waals surface area contributed by atoms with Crippen LogP contribution >= 0.6 is 0 Å². The minimum atomic E-state index is -4.62. The third-order valence-electron chi connectivity index (χ3n) is 12.2. The van der Waals surface area contributed by atoms with Crippen molar-refractivity contribution in [1.29, 1.82) is 0 Å². The van der Waals surface area contributed by atoms with E-state index in [1.54, 1.807) is 45.2 Å². The van der Waals surface area contributed by atoms with Gasteiger partial charge in [0.15, 0.2) is 11.7 Å². The van der Waals surface area contributed by atoms with Gasteiger partial charge < -0.3 is 38.5 Å². The maximum atomic E-state index is 14.8. The highest BCUT2D eigenvalue weighted by Gasteiger charge is 2.36. The number of carbonyl (C=O) groups is 4. The highest BCUT2D eigenvalue weighted by Crippen LogP contribution is 2.44. The number of carbonyl (C=O) groups excluding carboxylic acids is 4. The summed E-state index contributed by atoms with van der Waals surface area (Å²) >= 11 is 0. The number of hydrogen-bond donors (Lipinski definition) is 2. The maximum absolute atomic E-state index is 14.8. The van der Waals surface area contributed by atoms with Crippen LogP contribution in [0.1, 0.15) is 70.7 Å². The van der Waals surface area contributed by atoms with Crippen LogP contribution in [-0.4, -0.2) is 139 Å². The molecule has 16 nitrogen and oxygen atoms in total. The summed E-state index contributed by atoms with van der Waals surface area (Å²) in [4.78, 5) is 65.7. The lowest BCUT2D eigenvalue weighted by molar-refractivity contribution is -0.142. The summed E-state index contributed by atoms with van der Waals surface area (Å²) in [7, 11) is 5.08. The summed E-state index contributed by atoms with van der Waals surface area (Å²) in [5.41, 5.74) is 5.79. The normalized spacial score (nSPS) is 16.7. The van der Waals surface area contributed by atoms with Crippen molar-refractivity contribution >= 4 is 41.3 Å². The molecule has 2 N–H and O–H groups in total. The Labute approximate surface area is 377 Å². The number of rotatable bonds is 19. The minimum Gasteiger partial charge on any atom is -0.467 e. The molecule has 2 saturated heterocycles. The van der Waals surface area contributed by atoms with E-state index in [2.05, 4.69) is 25.5 Å². The molecule has 6 rings (SSSR count). The highest BCUT2D eigenvalue weighted by molar-refractivity contribution is 5.95. The quantitative estimate of drug-likeness (QED) is 0.115. The zero-order chi connectivity index (χ0) is 47.2. The monoisotopic (exact) mass is 909 g/mol. The first-order valence-corrected chi connectivity index (χ1v) is 22.1. The Hall–Kier alpha value is -5.53. The Morgan fingerprint density at radius 2 is 1.77 bits per heavy atom. The summed E-state index contributed by atoms with van der Waals surface area (Å²) in [6, 6.07) is 5.01. The van der Waals surface area contributed by atoms with Gasteiger partial charge in [-0.15, -0.1) is 0 Å². The lowest BCUT2D eigenvalue weighted by atomic mass is 9.84. The molecule has 19 heteroatoms. The summed E-state index contributed by atoms with van der Waals surface area (Å²) in [6.45, 7) is 12.3. The first kappa shape index (κ1) is 48.9. The Bertz CT molecular complexity index is 2300. The molecule has 0 bridgehead atoms. The van der Waals surface area contributed by atoms with E-state index in [0.717, 1.165) is 31.6 Å². The summed E-state index contributed by atoms with van der Waals surface area (Å²) in [6.07, 6.45) is 0.322. The number of oxazole rings is 1. The predicted molar refractivity (Wildman–Crippen MR) is 238 cm³/mol. The van der Waals surface area contributed by atoms with Gasteiger partial charge in [-0.25, -0.2) is 10.4 Å². The van der Waals surface area contributed by atoms with Crippen molar-refractivity contribution in [3.8, 4) is 22.6 Å². The number of benzene rings is 1. The van der Waals surface area contributed by atoms with Crippen LogP contribution in [0.25, 0.3) is 33.5 Å². The predicted octanol–water partition coefficient (Wildman–Crippen LogP) is 5.39. The molecule has 3 aromatic heterocycles. The van der Waals surface area contributed by atoms with Gasteiger partial charge in [-0.1, -0.05) is 27.7 Å². The van der Waals surface area contributed by atoms with Crippen molar-refractivity contribution < 1.29 is 46.2 Å². The molecule has 4 aromatic rings. The van der Waals surface area contributed by atoms with Crippen LogP contribution in [0.2, 0.25) is 0 Å². The number of nitrogens with zero attached hydrogens (tertiary/aromatic N) is 7. The van der Waals surface area contributed by atoms with Crippen LogP contribution < -0.4 is 15.6 Å². The number of amides is 3. The fourth-order valence-electron chi connectivity index (χ4n) is 8.78. The first-order chi connectivity index (χ1) is 30.8. The number of hydrogen-bond acceptors (Lipinski definition) is 12. The van der Waals surface area contributed by atoms with E-state index in [1.165, 1.54) is 34.8 Å². The lowest BCUT2D eigenvalue weighted by Gasteiger charge is -2.34. The van der Waals surface area contributed by atoms with Gasteiger partial charge in [0.2, 0.25) is 12.3 Å². The van der Waals surface area contributed by atoms with Crippen molar-refractivity contribution in [2.45, 2.75) is 91.2 Å². The molecule has 0 saturated carbocycles. The Morgan fingerprint density at radius 1 is 1.03 bits per heavy atom. The number of methoxy groups -OCH3 is 1. The Morgan fingerprint density at radius 3 is 2.40 bits per heavy atom. The fourth-order valence-corrected chi connectivity index (χ4v) is 8.78. The van der Waals surface area contributed by atoms with Crippen molar-refractivity contribution in [2.75, 3.05) is 72.0 Å². The molecule has 3 unspecified atom stereocenters. The number of anilines is 1. The second-order valence-corrected chi connectivity index (χ2v) is 18.3. The average molecular weight is 910 g/mol. The van der Waals surface area contributed by atoms with Gasteiger partial charge >= 0.3 is 6.18 Å². The molecule has 0 aliphatic carbocycles. The van der Waals surface area contributed by atoms with Crippen molar-refractivity contribution in [3.63, 3.8) is 0 Å². The lowest BCUT2D eigenvalue weighted by Crippen LogP contribution is -2.59. The fraction of sp³-hybridized carbons (Fsp3) is 0.565. The number of alkyl halides is 3. The van der Waals surface area contributed by atoms with Gasteiger partial charge in [0, 0.05) is 80.9 Å². The minimum absolute atomic E-state index is 0.000671. The molecule has 2 aliphatic rings. The van der Waals surface area contributed by atoms with Crippen LogP contribution in [-0.2, 0) is 48.0 Å². The molecular formula is C46H62F3N9O7. The molecule has 3 atom stereocenters. The highest BCUT2D eigenvalue weighted by atomic mass is 19.4. The van der Waals surface area contributed by atoms with E-state index in [0.29, 0.717) is 78.0 Å². The number of ether oxygens (including phenoxy) is 2. The van der Waals surface area contributed by atoms with Gasteiger partial charge in [-0.3, -0.25) is 29.2 Å². The van der Waals surface area contributed by atoms with Gasteiger partial charge in [0.05, 0.1) is 48.6 Å². The van der Waals surface area contributed by atoms with Crippen LogP contribution in [0.4, 0.5) is 18.9 Å². The van der Waals surface area contributed by atoms with Crippen molar-refractivity contribution in [2.24, 2.45) is 11.3 Å². The van der Waals surface area contributed by atoms with Crippen LogP contribution in [0.5, 0.6) is 0 Å². The Kier molecular flexibility index (Phi) is 15.6. The molecule has 1 aromatic carbocycles. The standard InChI is InChI=1S/C46H62F3N9O7/c1-29(2)41(55(7)27-59)43(61)53-36(44(62)58-14-10-9-13-52-58)21-39-50-24-38(65-39)31-11-12-37-33(19-31)35(22-45(4,5)26-64-28-60)42(57(37)25-46(47,48)49)34-20-32(23-51-40(34)30(3)63-8)56-17-15-54(6)16-18-56/h11-12,19-20,23-24,27-30,36,41,52H,9-10,13-18,21-22,25-26H2,1-8H3,(H,53,61). The van der Waals surface area contributed by atoms with E-state index < -0.39 is 48.1 Å². The number of pyridine rings is 1. The maximum Gasteiger partial charge on any atom is 0.406 e.